The molecule has 2 aromatic heterocycles. The number of nitrogens with zero attached hydrogens (tertiary/aromatic N) is 3. The van der Waals surface area contributed by atoms with Crippen molar-refractivity contribution >= 4 is 40.2 Å². The third-order valence-electron chi connectivity index (χ3n) is 5.71. The highest BCUT2D eigenvalue weighted by Gasteiger charge is 2.19. The molecule has 0 bridgehead atoms. The Balaban J connectivity index is 1.44. The Labute approximate surface area is 190 Å². The van der Waals surface area contributed by atoms with Crippen LogP contribution in [0.4, 0.5) is 16.2 Å². The van der Waals surface area contributed by atoms with Crippen molar-refractivity contribution in [3.63, 3.8) is 0 Å². The number of carbonyl (C=O) groups is 1. The quantitative estimate of drug-likeness (QED) is 0.380. The topological polar surface area (TPSA) is 85.9 Å². The molecule has 1 aliphatic rings. The molecule has 32 heavy (non-hydrogen) atoms. The number of hydrogen-bond acceptors (Lipinski definition) is 4. The zero-order valence-corrected chi connectivity index (χ0v) is 18.4. The number of halogens is 1. The average molecular weight is 447 g/mol. The number of imidazole rings is 1. The van der Waals surface area contributed by atoms with Gasteiger partial charge in [0.1, 0.15) is 5.82 Å². The number of nitrogens with one attached hydrogen (secondary N) is 3. The third-order valence-corrected chi connectivity index (χ3v) is 6.04. The van der Waals surface area contributed by atoms with Crippen LogP contribution in [0.5, 0.6) is 0 Å². The van der Waals surface area contributed by atoms with Crippen LogP contribution in [0, 0.1) is 0 Å². The van der Waals surface area contributed by atoms with Gasteiger partial charge in [0.25, 0.3) is 0 Å². The van der Waals surface area contributed by atoms with Gasteiger partial charge in [0, 0.05) is 48.8 Å². The number of anilines is 2. The number of hydrogen-bond donors (Lipinski definition) is 3. The normalized spacial score (nSPS) is 13.5. The van der Waals surface area contributed by atoms with Crippen LogP contribution in [0.2, 0.25) is 5.02 Å². The maximum absolute atomic E-state index is 12.4. The molecular weight excluding hydrogens is 424 g/mol. The Morgan fingerprint density at radius 2 is 1.78 bits per heavy atom. The van der Waals surface area contributed by atoms with Gasteiger partial charge in [-0.05, 0) is 54.8 Å². The van der Waals surface area contributed by atoms with Gasteiger partial charge in [-0.2, -0.15) is 0 Å². The summed E-state index contributed by atoms with van der Waals surface area (Å²) in [5, 5.41) is 6.63. The molecule has 0 unspecified atom stereocenters. The molecule has 1 fully saturated rings. The molecule has 7 nitrogen and oxygen atoms in total. The van der Waals surface area contributed by atoms with Gasteiger partial charge in [-0.15, -0.1) is 0 Å². The van der Waals surface area contributed by atoms with Crippen LogP contribution in [0.1, 0.15) is 12.8 Å². The molecule has 2 aromatic carbocycles. The summed E-state index contributed by atoms with van der Waals surface area (Å²) in [6, 6.07) is 15.5. The van der Waals surface area contributed by atoms with Crippen LogP contribution < -0.4 is 10.6 Å². The van der Waals surface area contributed by atoms with Crippen LogP contribution >= 0.6 is 11.6 Å². The number of H-pyrrole nitrogens is 1. The fraction of sp³-hybridized carbons (Fsp3) is 0.208. The van der Waals surface area contributed by atoms with Gasteiger partial charge in [-0.1, -0.05) is 23.7 Å². The van der Waals surface area contributed by atoms with Crippen molar-refractivity contribution in [3.8, 4) is 22.5 Å². The molecule has 3 N–H and O–H groups in total. The summed E-state index contributed by atoms with van der Waals surface area (Å²) >= 11 is 6.47. The standard InChI is InChI=1S/C24H23ClN6O/c1-26-17-6-4-15(5-7-17)16-12-21-23(27-14-16)30-22(29-21)19-13-18(8-9-20(19)25)28-24(32)31-10-2-3-11-31/h4-9,12-14,26H,2-3,10-11H2,1H3,(H,28,32)(H,27,29,30). The van der Waals surface area contributed by atoms with Gasteiger partial charge in [-0.25, -0.2) is 14.8 Å². The summed E-state index contributed by atoms with van der Waals surface area (Å²) in [6.07, 6.45) is 3.91. The van der Waals surface area contributed by atoms with E-state index in [4.69, 9.17) is 11.6 Å². The molecule has 5 rings (SSSR count). The second kappa shape index (κ2) is 8.51. The van der Waals surface area contributed by atoms with E-state index in [1.807, 2.05) is 42.4 Å². The van der Waals surface area contributed by atoms with Crippen LogP contribution in [-0.4, -0.2) is 46.0 Å². The largest absolute Gasteiger partial charge is 0.388 e. The number of fused-ring (bicyclic) bond motifs is 1. The second-order valence-corrected chi connectivity index (χ2v) is 8.23. The van der Waals surface area contributed by atoms with Crippen molar-refractivity contribution in [1.29, 1.82) is 0 Å². The van der Waals surface area contributed by atoms with Gasteiger partial charge in [0.15, 0.2) is 5.65 Å². The Morgan fingerprint density at radius 3 is 2.53 bits per heavy atom. The Bertz CT molecular complexity index is 1280. The Morgan fingerprint density at radius 1 is 1.03 bits per heavy atom. The molecule has 4 aromatic rings. The maximum atomic E-state index is 12.4. The molecule has 0 spiro atoms. The van der Waals surface area contributed by atoms with Crippen molar-refractivity contribution in [1.82, 2.24) is 19.9 Å². The summed E-state index contributed by atoms with van der Waals surface area (Å²) in [7, 11) is 1.90. The van der Waals surface area contributed by atoms with E-state index in [2.05, 4.69) is 37.7 Å². The van der Waals surface area contributed by atoms with Crippen molar-refractivity contribution in [2.24, 2.45) is 0 Å². The van der Waals surface area contributed by atoms with Crippen LogP contribution in [0.25, 0.3) is 33.7 Å². The van der Waals surface area contributed by atoms with Gasteiger partial charge < -0.3 is 20.5 Å². The minimum atomic E-state index is -0.0871. The van der Waals surface area contributed by atoms with Gasteiger partial charge in [0.05, 0.1) is 10.5 Å². The van der Waals surface area contributed by atoms with E-state index in [0.717, 1.165) is 48.3 Å². The predicted octanol–water partition coefficient (Wildman–Crippen LogP) is 5.61. The predicted molar refractivity (Wildman–Crippen MR) is 129 cm³/mol. The summed E-state index contributed by atoms with van der Waals surface area (Å²) in [5.74, 6) is 0.609. The first-order chi connectivity index (χ1) is 15.6. The minimum Gasteiger partial charge on any atom is -0.388 e. The molecule has 1 aliphatic heterocycles. The lowest BCUT2D eigenvalue weighted by Gasteiger charge is -2.16. The zero-order chi connectivity index (χ0) is 22.1. The fourth-order valence-electron chi connectivity index (χ4n) is 3.92. The van der Waals surface area contributed by atoms with Crippen molar-refractivity contribution in [2.75, 3.05) is 30.8 Å². The van der Waals surface area contributed by atoms with Crippen molar-refractivity contribution in [2.45, 2.75) is 12.8 Å². The number of pyridine rings is 1. The lowest BCUT2D eigenvalue weighted by molar-refractivity contribution is 0.222. The molecule has 162 valence electrons. The highest BCUT2D eigenvalue weighted by molar-refractivity contribution is 6.33. The van der Waals surface area contributed by atoms with E-state index in [-0.39, 0.29) is 6.03 Å². The molecule has 2 amide bonds. The van der Waals surface area contributed by atoms with Gasteiger partial charge in [0.2, 0.25) is 0 Å². The monoisotopic (exact) mass is 446 g/mol. The smallest absolute Gasteiger partial charge is 0.321 e. The van der Waals surface area contributed by atoms with Crippen LogP contribution in [0.3, 0.4) is 0 Å². The molecule has 1 saturated heterocycles. The average Bonchev–Trinajstić information content (AvgIpc) is 3.50. The van der Waals surface area contributed by atoms with E-state index in [1.54, 1.807) is 12.1 Å². The van der Waals surface area contributed by atoms with Crippen LogP contribution in [-0.2, 0) is 0 Å². The number of benzene rings is 2. The number of aromatic nitrogens is 3. The summed E-state index contributed by atoms with van der Waals surface area (Å²) in [4.78, 5) is 26.7. The summed E-state index contributed by atoms with van der Waals surface area (Å²) in [6.45, 7) is 1.59. The third kappa shape index (κ3) is 3.99. The Kier molecular flexibility index (Phi) is 5.41. The second-order valence-electron chi connectivity index (χ2n) is 7.83. The SMILES string of the molecule is CNc1ccc(-c2cnc3nc(-c4cc(NC(=O)N5CCCC5)ccc4Cl)[nH]c3c2)cc1. The van der Waals surface area contributed by atoms with E-state index < -0.39 is 0 Å². The number of amides is 2. The lowest BCUT2D eigenvalue weighted by Crippen LogP contribution is -2.32. The zero-order valence-electron chi connectivity index (χ0n) is 17.7. The first kappa shape index (κ1) is 20.3. The highest BCUT2D eigenvalue weighted by atomic mass is 35.5. The first-order valence-electron chi connectivity index (χ1n) is 10.6. The molecule has 0 aliphatic carbocycles. The molecule has 3 heterocycles. The van der Waals surface area contributed by atoms with Crippen LogP contribution in [0.15, 0.2) is 54.7 Å². The summed E-state index contributed by atoms with van der Waals surface area (Å²) < 4.78 is 0. The van der Waals surface area contributed by atoms with E-state index in [9.17, 15) is 4.79 Å². The molecule has 0 radical (unpaired) electrons. The van der Waals surface area contributed by atoms with Crippen molar-refractivity contribution in [3.05, 3.63) is 59.8 Å². The number of aromatic amines is 1. The highest BCUT2D eigenvalue weighted by Crippen LogP contribution is 2.31. The van der Waals surface area contributed by atoms with Gasteiger partial charge in [-0.3, -0.25) is 0 Å². The van der Waals surface area contributed by atoms with E-state index in [1.165, 1.54) is 0 Å². The fourth-order valence-corrected chi connectivity index (χ4v) is 4.13. The first-order valence-corrected chi connectivity index (χ1v) is 11.0. The minimum absolute atomic E-state index is 0.0871. The lowest BCUT2D eigenvalue weighted by atomic mass is 10.1. The number of urea groups is 1. The number of carbonyl (C=O) groups excluding carboxylic acids is 1. The molecule has 0 atom stereocenters. The van der Waals surface area contributed by atoms with Crippen molar-refractivity contribution < 1.29 is 4.79 Å². The van der Waals surface area contributed by atoms with Gasteiger partial charge >= 0.3 is 6.03 Å². The summed E-state index contributed by atoms with van der Waals surface area (Å²) in [5.41, 5.74) is 5.94. The number of likely N-dealkylation sites (tertiary alicyclic amines) is 1. The van der Waals surface area contributed by atoms with E-state index in [0.29, 0.717) is 27.7 Å². The number of rotatable bonds is 4. The molecular formula is C24H23ClN6O. The molecule has 8 heteroatoms. The maximum Gasteiger partial charge on any atom is 0.321 e. The van der Waals surface area contributed by atoms with E-state index >= 15 is 0 Å². The molecule has 0 saturated carbocycles. The Hall–Kier alpha value is -3.58.